The van der Waals surface area contributed by atoms with Crippen LogP contribution >= 0.6 is 0 Å². The Hall–Kier alpha value is -3.02. The minimum Gasteiger partial charge on any atom is -0.480 e. The van der Waals surface area contributed by atoms with Crippen LogP contribution in [0.1, 0.15) is 24.4 Å². The van der Waals surface area contributed by atoms with Crippen LogP contribution in [-0.4, -0.2) is 27.4 Å². The summed E-state index contributed by atoms with van der Waals surface area (Å²) < 4.78 is 12.6. The predicted octanol–water partition coefficient (Wildman–Crippen LogP) is 3.00. The number of carboxylic acids is 1. The SMILES string of the molecule is CC(C(=O)O)n1c(Cc2ccccc2)nc2cc3c(cc21)OCO3. The van der Waals surface area contributed by atoms with E-state index >= 15 is 0 Å². The molecule has 0 aliphatic carbocycles. The van der Waals surface area contributed by atoms with Crippen LogP contribution in [0.4, 0.5) is 0 Å². The number of hydrogen-bond donors (Lipinski definition) is 1. The largest absolute Gasteiger partial charge is 0.480 e. The molecule has 3 aromatic rings. The van der Waals surface area contributed by atoms with E-state index in [1.54, 1.807) is 23.6 Å². The van der Waals surface area contributed by atoms with Gasteiger partial charge in [0, 0.05) is 18.6 Å². The lowest BCUT2D eigenvalue weighted by molar-refractivity contribution is -0.140. The van der Waals surface area contributed by atoms with Crippen LogP contribution < -0.4 is 9.47 Å². The molecule has 0 bridgehead atoms. The van der Waals surface area contributed by atoms with Crippen molar-refractivity contribution in [2.75, 3.05) is 6.79 Å². The van der Waals surface area contributed by atoms with Crippen molar-refractivity contribution >= 4 is 17.0 Å². The second-order valence-electron chi connectivity index (χ2n) is 5.77. The highest BCUT2D eigenvalue weighted by molar-refractivity contribution is 5.83. The molecule has 6 nitrogen and oxygen atoms in total. The number of hydrogen-bond acceptors (Lipinski definition) is 4. The molecule has 0 amide bonds. The van der Waals surface area contributed by atoms with E-state index in [4.69, 9.17) is 9.47 Å². The number of nitrogens with zero attached hydrogens (tertiary/aromatic N) is 2. The molecule has 1 N–H and O–H groups in total. The zero-order valence-electron chi connectivity index (χ0n) is 13.1. The van der Waals surface area contributed by atoms with Gasteiger partial charge >= 0.3 is 5.97 Å². The first-order chi connectivity index (χ1) is 11.6. The molecular formula is C18H16N2O4. The van der Waals surface area contributed by atoms with Gasteiger partial charge in [0.05, 0.1) is 11.0 Å². The van der Waals surface area contributed by atoms with Gasteiger partial charge < -0.3 is 19.1 Å². The van der Waals surface area contributed by atoms with Crippen LogP contribution in [0.3, 0.4) is 0 Å². The molecule has 0 saturated carbocycles. The number of aliphatic carboxylic acids is 1. The van der Waals surface area contributed by atoms with Crippen molar-refractivity contribution in [1.82, 2.24) is 9.55 Å². The predicted molar refractivity (Wildman–Crippen MR) is 87.5 cm³/mol. The van der Waals surface area contributed by atoms with Crippen molar-refractivity contribution in [3.63, 3.8) is 0 Å². The first kappa shape index (κ1) is 14.6. The number of rotatable bonds is 4. The summed E-state index contributed by atoms with van der Waals surface area (Å²) in [5.41, 5.74) is 2.52. The number of carboxylic acid groups (broad SMARTS) is 1. The summed E-state index contributed by atoms with van der Waals surface area (Å²) in [4.78, 5) is 16.2. The van der Waals surface area contributed by atoms with E-state index in [0.29, 0.717) is 29.3 Å². The van der Waals surface area contributed by atoms with Gasteiger partial charge in [0.15, 0.2) is 11.5 Å². The zero-order chi connectivity index (χ0) is 16.7. The maximum atomic E-state index is 11.6. The third kappa shape index (κ3) is 2.36. The molecule has 1 aliphatic heterocycles. The quantitative estimate of drug-likeness (QED) is 0.798. The topological polar surface area (TPSA) is 73.6 Å². The van der Waals surface area contributed by atoms with Gasteiger partial charge in [-0.2, -0.15) is 0 Å². The normalized spacial score (nSPS) is 14.0. The fourth-order valence-corrected chi connectivity index (χ4v) is 2.98. The first-order valence-electron chi connectivity index (χ1n) is 7.70. The zero-order valence-corrected chi connectivity index (χ0v) is 13.1. The van der Waals surface area contributed by atoms with Crippen LogP contribution in [0.15, 0.2) is 42.5 Å². The number of benzene rings is 2. The van der Waals surface area contributed by atoms with Crippen LogP contribution in [0.5, 0.6) is 11.5 Å². The van der Waals surface area contributed by atoms with Gasteiger partial charge in [0.25, 0.3) is 0 Å². The number of ether oxygens (including phenoxy) is 2. The van der Waals surface area contributed by atoms with E-state index in [1.165, 1.54) is 0 Å². The number of imidazole rings is 1. The molecule has 24 heavy (non-hydrogen) atoms. The maximum absolute atomic E-state index is 11.6. The third-order valence-electron chi connectivity index (χ3n) is 4.21. The first-order valence-corrected chi connectivity index (χ1v) is 7.70. The molecule has 1 atom stereocenters. The molecule has 1 unspecified atom stereocenters. The Kier molecular flexibility index (Phi) is 3.37. The number of fused-ring (bicyclic) bond motifs is 2. The molecule has 1 aliphatic rings. The Balaban J connectivity index is 1.88. The molecular weight excluding hydrogens is 308 g/mol. The monoisotopic (exact) mass is 324 g/mol. The van der Waals surface area contributed by atoms with Crippen LogP contribution in [0, 0.1) is 0 Å². The van der Waals surface area contributed by atoms with E-state index in [-0.39, 0.29) is 6.79 Å². The van der Waals surface area contributed by atoms with Gasteiger partial charge in [-0.3, -0.25) is 0 Å². The summed E-state index contributed by atoms with van der Waals surface area (Å²) in [6, 6.07) is 12.7. The van der Waals surface area contributed by atoms with Crippen molar-refractivity contribution in [2.45, 2.75) is 19.4 Å². The molecule has 1 aromatic heterocycles. The Bertz CT molecular complexity index is 918. The highest BCUT2D eigenvalue weighted by atomic mass is 16.7. The van der Waals surface area contributed by atoms with E-state index in [1.807, 2.05) is 30.3 Å². The lowest BCUT2D eigenvalue weighted by Gasteiger charge is -2.14. The summed E-state index contributed by atoms with van der Waals surface area (Å²) in [5, 5.41) is 9.49. The fourth-order valence-electron chi connectivity index (χ4n) is 2.98. The summed E-state index contributed by atoms with van der Waals surface area (Å²) in [5.74, 6) is 1.06. The van der Waals surface area contributed by atoms with E-state index in [2.05, 4.69) is 4.98 Å². The molecule has 122 valence electrons. The lowest BCUT2D eigenvalue weighted by atomic mass is 10.1. The molecule has 6 heteroatoms. The van der Waals surface area contributed by atoms with Crippen LogP contribution in [-0.2, 0) is 11.2 Å². The highest BCUT2D eigenvalue weighted by Gasteiger charge is 2.24. The van der Waals surface area contributed by atoms with Gasteiger partial charge in [-0.05, 0) is 12.5 Å². The minimum atomic E-state index is -0.902. The molecule has 2 aromatic carbocycles. The molecule has 0 saturated heterocycles. The lowest BCUT2D eigenvalue weighted by Crippen LogP contribution is -2.18. The van der Waals surface area contributed by atoms with E-state index in [9.17, 15) is 9.90 Å². The van der Waals surface area contributed by atoms with Crippen molar-refractivity contribution in [3.05, 3.63) is 53.9 Å². The van der Waals surface area contributed by atoms with Gasteiger partial charge in [-0.15, -0.1) is 0 Å². The Morgan fingerprint density at radius 3 is 2.67 bits per heavy atom. The van der Waals surface area contributed by atoms with Crippen LogP contribution in [0.25, 0.3) is 11.0 Å². The number of carbonyl (C=O) groups is 1. The third-order valence-corrected chi connectivity index (χ3v) is 4.21. The highest BCUT2D eigenvalue weighted by Crippen LogP contribution is 2.37. The summed E-state index contributed by atoms with van der Waals surface area (Å²) in [6.07, 6.45) is 0.555. The van der Waals surface area contributed by atoms with Crippen molar-refractivity contribution in [1.29, 1.82) is 0 Å². The average Bonchev–Trinajstić information content (AvgIpc) is 3.16. The van der Waals surface area contributed by atoms with E-state index < -0.39 is 12.0 Å². The number of aromatic nitrogens is 2. The van der Waals surface area contributed by atoms with Crippen molar-refractivity contribution in [2.24, 2.45) is 0 Å². The smallest absolute Gasteiger partial charge is 0.326 e. The Morgan fingerprint density at radius 1 is 1.25 bits per heavy atom. The minimum absolute atomic E-state index is 0.174. The standard InChI is InChI=1S/C18H16N2O4/c1-11(18(21)22)20-14-9-16-15(23-10-24-16)8-13(14)19-17(20)7-12-5-3-2-4-6-12/h2-6,8-9,11H,7,10H2,1H3,(H,21,22). The van der Waals surface area contributed by atoms with E-state index in [0.717, 1.165) is 11.1 Å². The van der Waals surface area contributed by atoms with Gasteiger partial charge in [-0.1, -0.05) is 30.3 Å². The van der Waals surface area contributed by atoms with Crippen LogP contribution in [0.2, 0.25) is 0 Å². The molecule has 0 radical (unpaired) electrons. The van der Waals surface area contributed by atoms with Crippen molar-refractivity contribution in [3.8, 4) is 11.5 Å². The Labute approximate surface area is 138 Å². The molecule has 0 fully saturated rings. The second kappa shape index (κ2) is 5.56. The summed E-state index contributed by atoms with van der Waals surface area (Å²) in [7, 11) is 0. The second-order valence-corrected chi connectivity index (χ2v) is 5.77. The Morgan fingerprint density at radius 2 is 1.96 bits per heavy atom. The van der Waals surface area contributed by atoms with Crippen molar-refractivity contribution < 1.29 is 19.4 Å². The van der Waals surface area contributed by atoms with Gasteiger partial charge in [0.2, 0.25) is 6.79 Å². The summed E-state index contributed by atoms with van der Waals surface area (Å²) in [6.45, 7) is 1.83. The molecule has 4 rings (SSSR count). The fraction of sp³-hybridized carbons (Fsp3) is 0.222. The maximum Gasteiger partial charge on any atom is 0.326 e. The molecule has 2 heterocycles. The average molecular weight is 324 g/mol. The van der Waals surface area contributed by atoms with Gasteiger partial charge in [-0.25, -0.2) is 9.78 Å². The van der Waals surface area contributed by atoms with Gasteiger partial charge in [0.1, 0.15) is 11.9 Å². The molecule has 0 spiro atoms. The summed E-state index contributed by atoms with van der Waals surface area (Å²) >= 11 is 0.